The third kappa shape index (κ3) is 2.80. The molecule has 1 N–H and O–H groups in total. The average molecular weight is 206 g/mol. The second-order valence-electron chi connectivity index (χ2n) is 3.80. The lowest BCUT2D eigenvalue weighted by Crippen LogP contribution is -2.12. The van der Waals surface area contributed by atoms with Gasteiger partial charge in [0.1, 0.15) is 0 Å². The second-order valence-corrected chi connectivity index (χ2v) is 6.69. The number of aliphatic hydroxyl groups is 1. The Balaban J connectivity index is 2.49. The van der Waals surface area contributed by atoms with Crippen LogP contribution < -0.4 is 0 Å². The van der Waals surface area contributed by atoms with Crippen molar-refractivity contribution in [2.24, 2.45) is 0 Å². The van der Waals surface area contributed by atoms with Gasteiger partial charge in [0.25, 0.3) is 0 Å². The number of hydrogen-bond acceptors (Lipinski definition) is 3. The molecular formula is C9H19O3P. The molecule has 0 aromatic carbocycles. The van der Waals surface area contributed by atoms with Crippen LogP contribution in [-0.4, -0.2) is 29.6 Å². The van der Waals surface area contributed by atoms with Gasteiger partial charge in [0.2, 0.25) is 7.37 Å². The molecule has 1 saturated heterocycles. The number of aliphatic hydroxyl groups excluding tert-OH is 1. The average Bonchev–Trinajstić information content (AvgIpc) is 2.44. The molecule has 78 valence electrons. The SMILES string of the molecule is CCC1CCCP1(=O)OCC(C)O. The molecule has 1 heterocycles. The Bertz CT molecular complexity index is 203. The Kier molecular flexibility index (Phi) is 3.96. The fourth-order valence-corrected chi connectivity index (χ4v) is 4.74. The second kappa shape index (κ2) is 4.59. The molecule has 0 bridgehead atoms. The molecule has 1 rings (SSSR count). The summed E-state index contributed by atoms with van der Waals surface area (Å²) < 4.78 is 17.5. The summed E-state index contributed by atoms with van der Waals surface area (Å²) in [6, 6.07) is 0. The first-order valence-electron chi connectivity index (χ1n) is 5.00. The summed E-state index contributed by atoms with van der Waals surface area (Å²) in [7, 11) is -2.39. The van der Waals surface area contributed by atoms with Crippen molar-refractivity contribution in [3.63, 3.8) is 0 Å². The van der Waals surface area contributed by atoms with Gasteiger partial charge < -0.3 is 9.63 Å². The van der Waals surface area contributed by atoms with Crippen molar-refractivity contribution >= 4 is 7.37 Å². The maximum atomic E-state index is 12.1. The van der Waals surface area contributed by atoms with E-state index in [1.54, 1.807) is 6.92 Å². The first-order chi connectivity index (χ1) is 6.08. The molecule has 0 spiro atoms. The van der Waals surface area contributed by atoms with E-state index in [1.807, 2.05) is 6.92 Å². The van der Waals surface area contributed by atoms with Crippen LogP contribution in [0, 0.1) is 0 Å². The van der Waals surface area contributed by atoms with Gasteiger partial charge in [-0.3, -0.25) is 4.57 Å². The van der Waals surface area contributed by atoms with E-state index in [9.17, 15) is 4.57 Å². The molecule has 0 saturated carbocycles. The van der Waals surface area contributed by atoms with E-state index in [-0.39, 0.29) is 12.3 Å². The van der Waals surface area contributed by atoms with Gasteiger partial charge in [0.05, 0.1) is 12.7 Å². The summed E-state index contributed by atoms with van der Waals surface area (Å²) in [6.45, 7) is 3.92. The zero-order valence-corrected chi connectivity index (χ0v) is 9.30. The predicted octanol–water partition coefficient (Wildman–Crippen LogP) is 2.23. The zero-order valence-electron chi connectivity index (χ0n) is 8.40. The molecular weight excluding hydrogens is 187 g/mol. The van der Waals surface area contributed by atoms with E-state index in [0.29, 0.717) is 6.16 Å². The van der Waals surface area contributed by atoms with Crippen LogP contribution in [0.25, 0.3) is 0 Å². The summed E-state index contributed by atoms with van der Waals surface area (Å²) >= 11 is 0. The van der Waals surface area contributed by atoms with Crippen LogP contribution >= 0.6 is 7.37 Å². The molecule has 3 atom stereocenters. The Labute approximate surface area is 79.9 Å². The fourth-order valence-electron chi connectivity index (χ4n) is 1.81. The maximum absolute atomic E-state index is 12.1. The molecule has 13 heavy (non-hydrogen) atoms. The van der Waals surface area contributed by atoms with Crippen molar-refractivity contribution < 1.29 is 14.2 Å². The number of hydrogen-bond donors (Lipinski definition) is 1. The Morgan fingerprint density at radius 2 is 2.38 bits per heavy atom. The molecule has 1 aliphatic heterocycles. The largest absolute Gasteiger partial charge is 0.391 e. The van der Waals surface area contributed by atoms with E-state index in [0.717, 1.165) is 19.3 Å². The van der Waals surface area contributed by atoms with Gasteiger partial charge in [-0.25, -0.2) is 0 Å². The first kappa shape index (κ1) is 11.2. The smallest absolute Gasteiger partial charge is 0.206 e. The summed E-state index contributed by atoms with van der Waals surface area (Å²) in [5, 5.41) is 9.04. The van der Waals surface area contributed by atoms with Gasteiger partial charge >= 0.3 is 0 Å². The van der Waals surface area contributed by atoms with Gasteiger partial charge in [-0.2, -0.15) is 0 Å². The highest BCUT2D eigenvalue weighted by atomic mass is 31.2. The lowest BCUT2D eigenvalue weighted by Gasteiger charge is -2.20. The van der Waals surface area contributed by atoms with Crippen LogP contribution in [0.15, 0.2) is 0 Å². The molecule has 1 fully saturated rings. The van der Waals surface area contributed by atoms with Crippen LogP contribution in [-0.2, 0) is 9.09 Å². The number of rotatable bonds is 4. The molecule has 0 aromatic heterocycles. The van der Waals surface area contributed by atoms with Crippen LogP contribution in [0.2, 0.25) is 0 Å². The topological polar surface area (TPSA) is 46.5 Å². The summed E-state index contributed by atoms with van der Waals surface area (Å²) in [5.41, 5.74) is 0.242. The minimum atomic E-state index is -2.39. The van der Waals surface area contributed by atoms with Crippen LogP contribution in [0.1, 0.15) is 33.1 Å². The molecule has 1 aliphatic rings. The minimum Gasteiger partial charge on any atom is -0.391 e. The van der Waals surface area contributed by atoms with Crippen LogP contribution in [0.5, 0.6) is 0 Å². The molecule has 3 nitrogen and oxygen atoms in total. The molecule has 0 amide bonds. The van der Waals surface area contributed by atoms with Crippen molar-refractivity contribution in [3.05, 3.63) is 0 Å². The maximum Gasteiger partial charge on any atom is 0.206 e. The highest BCUT2D eigenvalue weighted by Crippen LogP contribution is 2.59. The van der Waals surface area contributed by atoms with Gasteiger partial charge in [-0.1, -0.05) is 6.92 Å². The van der Waals surface area contributed by atoms with Crippen molar-refractivity contribution in [2.75, 3.05) is 12.8 Å². The lowest BCUT2D eigenvalue weighted by molar-refractivity contribution is 0.123. The van der Waals surface area contributed by atoms with Gasteiger partial charge in [-0.15, -0.1) is 0 Å². The van der Waals surface area contributed by atoms with E-state index in [4.69, 9.17) is 9.63 Å². The zero-order chi connectivity index (χ0) is 9.90. The van der Waals surface area contributed by atoms with E-state index in [1.165, 1.54) is 0 Å². The third-order valence-corrected chi connectivity index (χ3v) is 5.83. The highest BCUT2D eigenvalue weighted by molar-refractivity contribution is 7.60. The summed E-state index contributed by atoms with van der Waals surface area (Å²) in [6.07, 6.45) is 3.15. The fraction of sp³-hybridized carbons (Fsp3) is 1.00. The lowest BCUT2D eigenvalue weighted by atomic mass is 10.2. The van der Waals surface area contributed by atoms with Crippen LogP contribution in [0.4, 0.5) is 0 Å². The monoisotopic (exact) mass is 206 g/mol. The van der Waals surface area contributed by atoms with Gasteiger partial charge in [-0.05, 0) is 26.2 Å². The summed E-state index contributed by atoms with van der Waals surface area (Å²) in [5.74, 6) is 0. The Morgan fingerprint density at radius 3 is 2.92 bits per heavy atom. The molecule has 4 heteroatoms. The summed E-state index contributed by atoms with van der Waals surface area (Å²) in [4.78, 5) is 0. The molecule has 3 unspecified atom stereocenters. The molecule has 0 aromatic rings. The van der Waals surface area contributed by atoms with E-state index in [2.05, 4.69) is 0 Å². The Morgan fingerprint density at radius 1 is 1.69 bits per heavy atom. The predicted molar refractivity (Wildman–Crippen MR) is 53.4 cm³/mol. The van der Waals surface area contributed by atoms with Gasteiger partial charge in [0, 0.05) is 11.8 Å². The van der Waals surface area contributed by atoms with E-state index >= 15 is 0 Å². The highest BCUT2D eigenvalue weighted by Gasteiger charge is 2.37. The van der Waals surface area contributed by atoms with Crippen molar-refractivity contribution in [3.8, 4) is 0 Å². The van der Waals surface area contributed by atoms with Crippen molar-refractivity contribution in [1.82, 2.24) is 0 Å². The quantitative estimate of drug-likeness (QED) is 0.717. The Hall–Kier alpha value is 0.150. The van der Waals surface area contributed by atoms with Gasteiger partial charge in [0.15, 0.2) is 0 Å². The van der Waals surface area contributed by atoms with E-state index < -0.39 is 13.5 Å². The standard InChI is InChI=1S/C9H19O3P/c1-3-9-5-4-6-13(9,11)12-7-8(2)10/h8-10H,3-7H2,1-2H3. The third-order valence-electron chi connectivity index (χ3n) is 2.57. The van der Waals surface area contributed by atoms with Crippen molar-refractivity contribution in [1.29, 1.82) is 0 Å². The normalized spacial score (nSPS) is 36.4. The van der Waals surface area contributed by atoms with Crippen molar-refractivity contribution in [2.45, 2.75) is 44.9 Å². The van der Waals surface area contributed by atoms with Crippen LogP contribution in [0.3, 0.4) is 0 Å². The first-order valence-corrected chi connectivity index (χ1v) is 6.87. The minimum absolute atomic E-state index is 0.216. The molecule has 0 aliphatic carbocycles. The molecule has 0 radical (unpaired) electrons.